The van der Waals surface area contributed by atoms with E-state index in [1.165, 1.54) is 4.90 Å². The number of carbonyl (C=O) groups excluding carboxylic acids is 2. The Morgan fingerprint density at radius 1 is 1.05 bits per heavy atom. The average Bonchev–Trinajstić information content (AvgIpc) is 2.74. The molecule has 1 aromatic carbocycles. The highest BCUT2D eigenvalue weighted by Crippen LogP contribution is 2.29. The Labute approximate surface area is 126 Å². The zero-order valence-electron chi connectivity index (χ0n) is 12.4. The molecule has 0 radical (unpaired) electrons. The van der Waals surface area contributed by atoms with E-state index >= 15 is 0 Å². The van der Waals surface area contributed by atoms with E-state index in [0.29, 0.717) is 11.1 Å². The van der Waals surface area contributed by atoms with Crippen molar-refractivity contribution in [3.63, 3.8) is 0 Å². The van der Waals surface area contributed by atoms with Gasteiger partial charge in [0.05, 0.1) is 11.1 Å². The fraction of sp³-hybridized carbons (Fsp3) is 0.188. The highest BCUT2D eigenvalue weighted by Gasteiger charge is 2.35. The molecule has 0 spiro atoms. The van der Waals surface area contributed by atoms with Crippen molar-refractivity contribution in [3.05, 3.63) is 51.5 Å². The summed E-state index contributed by atoms with van der Waals surface area (Å²) in [5.41, 5.74) is 0.792. The van der Waals surface area contributed by atoms with Gasteiger partial charge in [-0.05, 0) is 18.6 Å². The Balaban J connectivity index is 2.42. The number of nitrogens with zero attached hydrogens (tertiary/aromatic N) is 1. The second-order valence-corrected chi connectivity index (χ2v) is 5.29. The number of para-hydroxylation sites is 1. The van der Waals surface area contributed by atoms with Crippen LogP contribution in [0, 0.1) is 6.92 Å². The molecule has 112 valence electrons. The topological polar surface area (TPSA) is 79.6 Å². The van der Waals surface area contributed by atoms with Crippen molar-refractivity contribution in [2.24, 2.45) is 0 Å². The minimum absolute atomic E-state index is 0.0620. The van der Waals surface area contributed by atoms with Crippen LogP contribution in [0.15, 0.2) is 39.2 Å². The van der Waals surface area contributed by atoms with Crippen molar-refractivity contribution >= 4 is 28.4 Å². The average molecular weight is 298 g/mol. The summed E-state index contributed by atoms with van der Waals surface area (Å²) in [7, 11) is 3.29. The number of imide groups is 1. The lowest BCUT2D eigenvalue weighted by Gasteiger charge is -2.14. The predicted molar refractivity (Wildman–Crippen MR) is 81.0 cm³/mol. The first-order chi connectivity index (χ1) is 10.4. The molecule has 1 aliphatic rings. The fourth-order valence-electron chi connectivity index (χ4n) is 2.70. The number of benzene rings is 1. The van der Waals surface area contributed by atoms with E-state index in [4.69, 9.17) is 4.42 Å². The summed E-state index contributed by atoms with van der Waals surface area (Å²) in [5, 5.41) is 2.96. The molecule has 1 N–H and O–H groups in total. The second-order valence-electron chi connectivity index (χ2n) is 5.29. The quantitative estimate of drug-likeness (QED) is 0.661. The van der Waals surface area contributed by atoms with E-state index in [0.717, 1.165) is 5.39 Å². The molecule has 0 bridgehead atoms. The molecule has 1 aromatic heterocycles. The van der Waals surface area contributed by atoms with Gasteiger partial charge in [-0.15, -0.1) is 0 Å². The van der Waals surface area contributed by atoms with Crippen LogP contribution in [0.25, 0.3) is 16.5 Å². The lowest BCUT2D eigenvalue weighted by Crippen LogP contribution is -2.26. The maximum atomic E-state index is 12.4. The smallest absolute Gasteiger partial charge is 0.344 e. The summed E-state index contributed by atoms with van der Waals surface area (Å²) in [6.45, 7) is 1.74. The number of aryl methyl sites for hydroxylation is 1. The number of likely N-dealkylation sites (N-methyl/N-ethyl adjacent to an activating group) is 1. The summed E-state index contributed by atoms with van der Waals surface area (Å²) in [6.07, 6.45) is 0. The summed E-state index contributed by atoms with van der Waals surface area (Å²) in [6, 6.07) is 7.08. The normalized spacial score (nSPS) is 14.7. The summed E-state index contributed by atoms with van der Waals surface area (Å²) >= 11 is 0. The molecule has 0 saturated carbocycles. The van der Waals surface area contributed by atoms with Crippen LogP contribution in [0.1, 0.15) is 11.1 Å². The Hall–Kier alpha value is -2.89. The number of hydrogen-bond donors (Lipinski definition) is 1. The largest absolute Gasteiger partial charge is 0.422 e. The van der Waals surface area contributed by atoms with Crippen molar-refractivity contribution in [2.45, 2.75) is 6.92 Å². The van der Waals surface area contributed by atoms with Gasteiger partial charge in [-0.25, -0.2) is 4.79 Å². The van der Waals surface area contributed by atoms with Crippen molar-refractivity contribution in [2.75, 3.05) is 14.1 Å². The van der Waals surface area contributed by atoms with Crippen LogP contribution in [-0.2, 0) is 9.59 Å². The molecule has 2 amide bonds. The van der Waals surface area contributed by atoms with Crippen LogP contribution in [0.5, 0.6) is 0 Å². The van der Waals surface area contributed by atoms with Gasteiger partial charge < -0.3 is 9.32 Å². The number of carbonyl (C=O) groups is 2. The minimum atomic E-state index is -0.629. The van der Waals surface area contributed by atoms with Crippen LogP contribution >= 0.6 is 0 Å². The van der Waals surface area contributed by atoms with Crippen molar-refractivity contribution in [1.82, 2.24) is 10.2 Å². The Morgan fingerprint density at radius 3 is 2.41 bits per heavy atom. The highest BCUT2D eigenvalue weighted by molar-refractivity contribution is 6.36. The van der Waals surface area contributed by atoms with Gasteiger partial charge in [0, 0.05) is 19.5 Å². The van der Waals surface area contributed by atoms with Crippen molar-refractivity contribution < 1.29 is 14.0 Å². The van der Waals surface area contributed by atoms with E-state index in [1.807, 2.05) is 12.1 Å². The maximum absolute atomic E-state index is 12.4. The minimum Gasteiger partial charge on any atom is -0.422 e. The van der Waals surface area contributed by atoms with E-state index in [2.05, 4.69) is 5.32 Å². The van der Waals surface area contributed by atoms with Crippen LogP contribution < -0.4 is 10.9 Å². The Kier molecular flexibility index (Phi) is 3.09. The third-order valence-electron chi connectivity index (χ3n) is 3.68. The highest BCUT2D eigenvalue weighted by atomic mass is 16.4. The zero-order valence-corrected chi connectivity index (χ0v) is 12.4. The van der Waals surface area contributed by atoms with E-state index in [-0.39, 0.29) is 16.8 Å². The first-order valence-electron chi connectivity index (χ1n) is 6.72. The van der Waals surface area contributed by atoms with Crippen LogP contribution in [0.4, 0.5) is 0 Å². The lowest BCUT2D eigenvalue weighted by atomic mass is 9.98. The first kappa shape index (κ1) is 14.1. The zero-order chi connectivity index (χ0) is 16.0. The van der Waals surface area contributed by atoms with Crippen LogP contribution in [0.2, 0.25) is 0 Å². The van der Waals surface area contributed by atoms with Gasteiger partial charge in [-0.1, -0.05) is 18.2 Å². The molecule has 6 heteroatoms. The van der Waals surface area contributed by atoms with Crippen molar-refractivity contribution in [3.8, 4) is 0 Å². The third-order valence-corrected chi connectivity index (χ3v) is 3.68. The van der Waals surface area contributed by atoms with Gasteiger partial charge in [0.25, 0.3) is 11.8 Å². The van der Waals surface area contributed by atoms with E-state index in [1.54, 1.807) is 33.2 Å². The summed E-state index contributed by atoms with van der Waals surface area (Å²) in [5.74, 6) is -1.10. The SMILES string of the molecule is Cc1c(C2=C(N(C)C)C(=O)NC2=O)c(=O)oc2ccccc12. The molecule has 0 saturated heterocycles. The van der Waals surface area contributed by atoms with E-state index in [9.17, 15) is 14.4 Å². The molecule has 2 aromatic rings. The molecule has 0 unspecified atom stereocenters. The summed E-state index contributed by atoms with van der Waals surface area (Å²) in [4.78, 5) is 37.9. The van der Waals surface area contributed by atoms with Crippen LogP contribution in [-0.4, -0.2) is 30.8 Å². The molecule has 22 heavy (non-hydrogen) atoms. The van der Waals surface area contributed by atoms with Gasteiger partial charge in [0.15, 0.2) is 0 Å². The van der Waals surface area contributed by atoms with Crippen molar-refractivity contribution in [1.29, 1.82) is 0 Å². The number of nitrogens with one attached hydrogen (secondary N) is 1. The molecule has 1 aliphatic heterocycles. The van der Waals surface area contributed by atoms with Gasteiger partial charge in [-0.2, -0.15) is 0 Å². The molecule has 2 heterocycles. The third kappa shape index (κ3) is 1.92. The molecule has 6 nitrogen and oxygen atoms in total. The number of amides is 2. The maximum Gasteiger partial charge on any atom is 0.344 e. The Morgan fingerprint density at radius 2 is 1.73 bits per heavy atom. The number of rotatable bonds is 2. The van der Waals surface area contributed by atoms with Gasteiger partial charge in [0.2, 0.25) is 0 Å². The standard InChI is InChI=1S/C16H14N2O4/c1-8-9-6-4-5-7-10(9)22-16(21)11(8)12-13(18(2)3)15(20)17-14(12)19/h4-7H,1-3H3,(H,17,19,20). The first-order valence-corrected chi connectivity index (χ1v) is 6.72. The predicted octanol–water partition coefficient (Wildman–Crippen LogP) is 1.03. The molecule has 0 aliphatic carbocycles. The second kappa shape index (κ2) is 4.84. The number of fused-ring (bicyclic) bond motifs is 1. The van der Waals surface area contributed by atoms with Gasteiger partial charge in [-0.3, -0.25) is 14.9 Å². The number of hydrogen-bond acceptors (Lipinski definition) is 5. The fourth-order valence-corrected chi connectivity index (χ4v) is 2.70. The monoisotopic (exact) mass is 298 g/mol. The van der Waals surface area contributed by atoms with Gasteiger partial charge in [0.1, 0.15) is 11.3 Å². The lowest BCUT2D eigenvalue weighted by molar-refractivity contribution is -0.124. The van der Waals surface area contributed by atoms with E-state index < -0.39 is 17.4 Å². The molecule has 3 rings (SSSR count). The molecule has 0 atom stereocenters. The molecular weight excluding hydrogens is 284 g/mol. The molecule has 0 fully saturated rings. The van der Waals surface area contributed by atoms with Crippen LogP contribution in [0.3, 0.4) is 0 Å². The summed E-state index contributed by atoms with van der Waals surface area (Å²) < 4.78 is 5.30. The van der Waals surface area contributed by atoms with Gasteiger partial charge >= 0.3 is 5.63 Å². The molecular formula is C16H14N2O4. The Bertz CT molecular complexity index is 906.